The van der Waals surface area contributed by atoms with Gasteiger partial charge in [-0.05, 0) is 76.1 Å². The lowest BCUT2D eigenvalue weighted by Crippen LogP contribution is -2.40. The van der Waals surface area contributed by atoms with Gasteiger partial charge in [0, 0.05) is 35.9 Å². The summed E-state index contributed by atoms with van der Waals surface area (Å²) in [7, 11) is 0. The van der Waals surface area contributed by atoms with Crippen LogP contribution < -0.4 is 16.0 Å². The van der Waals surface area contributed by atoms with Crippen molar-refractivity contribution < 1.29 is 28.7 Å². The molecule has 3 N–H and O–H groups in total. The quantitative estimate of drug-likeness (QED) is 0.440. The van der Waals surface area contributed by atoms with Gasteiger partial charge in [-0.2, -0.15) is 0 Å². The first-order chi connectivity index (χ1) is 18.5. The molecule has 1 saturated carbocycles. The first kappa shape index (κ1) is 27.8. The normalized spacial score (nSPS) is 15.5. The van der Waals surface area contributed by atoms with Crippen LogP contribution in [0, 0.1) is 0 Å². The molecule has 0 aromatic heterocycles. The molecule has 206 valence electrons. The Balaban J connectivity index is 1.30. The predicted octanol–water partition coefficient (Wildman–Crippen LogP) is 4.72. The molecule has 0 atom stereocenters. The van der Waals surface area contributed by atoms with E-state index in [1.807, 2.05) is 0 Å². The maximum atomic E-state index is 13.0. The zero-order valence-electron chi connectivity index (χ0n) is 22.5. The third-order valence-electron chi connectivity index (χ3n) is 6.57. The van der Waals surface area contributed by atoms with E-state index < -0.39 is 17.6 Å². The number of hydrogen-bond donors (Lipinski definition) is 3. The van der Waals surface area contributed by atoms with E-state index in [-0.39, 0.29) is 47.9 Å². The standard InChI is InChI=1S/C29H34N4O6/c1-29(2,3)39-28(38)30-16-15-24(34)31-19-10-12-20(13-11-19)32-25(35)18-9-14-22-23(17-18)27(37)33(26(22)36)21-7-5-4-6-8-21/h9-14,17,21H,4-8,15-16H2,1-3H3,(H,30,38)(H,31,34)(H,32,35). The van der Waals surface area contributed by atoms with Crippen LogP contribution in [0.5, 0.6) is 0 Å². The van der Waals surface area contributed by atoms with Crippen molar-refractivity contribution in [3.63, 3.8) is 0 Å². The smallest absolute Gasteiger partial charge is 0.407 e. The largest absolute Gasteiger partial charge is 0.444 e. The molecule has 5 amide bonds. The van der Waals surface area contributed by atoms with Gasteiger partial charge in [0.2, 0.25) is 5.91 Å². The van der Waals surface area contributed by atoms with Gasteiger partial charge in [0.05, 0.1) is 11.1 Å². The van der Waals surface area contributed by atoms with E-state index in [9.17, 15) is 24.0 Å². The number of amides is 5. The number of nitrogens with zero attached hydrogens (tertiary/aromatic N) is 1. The van der Waals surface area contributed by atoms with Crippen molar-refractivity contribution in [1.82, 2.24) is 10.2 Å². The Kier molecular flexibility index (Phi) is 8.32. The van der Waals surface area contributed by atoms with Crippen LogP contribution in [0.2, 0.25) is 0 Å². The number of carbonyl (C=O) groups excluding carboxylic acids is 5. The van der Waals surface area contributed by atoms with Gasteiger partial charge in [0.25, 0.3) is 17.7 Å². The number of nitrogens with one attached hydrogen (secondary N) is 3. The summed E-state index contributed by atoms with van der Waals surface area (Å²) in [5.41, 5.74) is 1.28. The fraction of sp³-hybridized carbons (Fsp3) is 0.414. The van der Waals surface area contributed by atoms with Gasteiger partial charge in [-0.1, -0.05) is 19.3 Å². The van der Waals surface area contributed by atoms with Crippen LogP contribution in [-0.2, 0) is 9.53 Å². The van der Waals surface area contributed by atoms with Gasteiger partial charge in [-0.3, -0.25) is 24.1 Å². The van der Waals surface area contributed by atoms with E-state index in [1.54, 1.807) is 57.2 Å². The van der Waals surface area contributed by atoms with Crippen molar-refractivity contribution in [2.75, 3.05) is 17.2 Å². The SMILES string of the molecule is CC(C)(C)OC(=O)NCCC(=O)Nc1ccc(NC(=O)c2ccc3c(c2)C(=O)N(C2CCCCC2)C3=O)cc1. The van der Waals surface area contributed by atoms with Gasteiger partial charge >= 0.3 is 6.09 Å². The van der Waals surface area contributed by atoms with Gasteiger partial charge in [0.1, 0.15) is 5.60 Å². The zero-order valence-corrected chi connectivity index (χ0v) is 22.5. The molecule has 1 aliphatic carbocycles. The summed E-state index contributed by atoms with van der Waals surface area (Å²) in [5.74, 6) is -1.33. The molecule has 0 saturated heterocycles. The second-order valence-electron chi connectivity index (χ2n) is 10.8. The molecule has 1 aliphatic heterocycles. The highest BCUT2D eigenvalue weighted by Crippen LogP contribution is 2.31. The highest BCUT2D eigenvalue weighted by Gasteiger charge is 2.40. The number of imide groups is 1. The molecule has 1 heterocycles. The summed E-state index contributed by atoms with van der Waals surface area (Å²) in [5, 5.41) is 8.03. The Bertz CT molecular complexity index is 1280. The zero-order chi connectivity index (χ0) is 28.2. The number of alkyl carbamates (subject to hydrolysis) is 1. The topological polar surface area (TPSA) is 134 Å². The highest BCUT2D eigenvalue weighted by atomic mass is 16.6. The molecule has 10 nitrogen and oxygen atoms in total. The van der Waals surface area contributed by atoms with Crippen LogP contribution in [0.3, 0.4) is 0 Å². The van der Waals surface area contributed by atoms with Crippen molar-refractivity contribution in [2.45, 2.75) is 70.9 Å². The number of benzene rings is 2. The molecule has 0 spiro atoms. The number of carbonyl (C=O) groups is 5. The third kappa shape index (κ3) is 7.01. The van der Waals surface area contributed by atoms with E-state index in [4.69, 9.17) is 4.74 Å². The number of rotatable bonds is 7. The van der Waals surface area contributed by atoms with Gasteiger partial charge in [-0.25, -0.2) is 4.79 Å². The fourth-order valence-corrected chi connectivity index (χ4v) is 4.73. The lowest BCUT2D eigenvalue weighted by Gasteiger charge is -2.29. The number of fused-ring (bicyclic) bond motifs is 1. The first-order valence-electron chi connectivity index (χ1n) is 13.2. The van der Waals surface area contributed by atoms with Crippen LogP contribution in [0.4, 0.5) is 16.2 Å². The van der Waals surface area contributed by atoms with E-state index in [0.717, 1.165) is 32.1 Å². The lowest BCUT2D eigenvalue weighted by atomic mass is 9.94. The Labute approximate surface area is 227 Å². The van der Waals surface area contributed by atoms with Crippen LogP contribution >= 0.6 is 0 Å². The monoisotopic (exact) mass is 534 g/mol. The molecule has 0 radical (unpaired) electrons. The minimum absolute atomic E-state index is 0.0649. The summed E-state index contributed by atoms with van der Waals surface area (Å²) in [4.78, 5) is 64.0. The van der Waals surface area contributed by atoms with Crippen molar-refractivity contribution in [3.05, 3.63) is 59.2 Å². The minimum Gasteiger partial charge on any atom is -0.444 e. The highest BCUT2D eigenvalue weighted by molar-refractivity contribution is 6.22. The summed E-state index contributed by atoms with van der Waals surface area (Å²) in [6.45, 7) is 5.39. The van der Waals surface area contributed by atoms with Crippen LogP contribution in [0.25, 0.3) is 0 Å². The lowest BCUT2D eigenvalue weighted by molar-refractivity contribution is -0.116. The van der Waals surface area contributed by atoms with E-state index in [0.29, 0.717) is 16.9 Å². The molecular formula is C29H34N4O6. The van der Waals surface area contributed by atoms with Crippen molar-refractivity contribution in [3.8, 4) is 0 Å². The Morgan fingerprint density at radius 2 is 1.49 bits per heavy atom. The Hall–Kier alpha value is -4.21. The Morgan fingerprint density at radius 3 is 2.13 bits per heavy atom. The second-order valence-corrected chi connectivity index (χ2v) is 10.8. The van der Waals surface area contributed by atoms with E-state index in [1.165, 1.54) is 11.0 Å². The molecular weight excluding hydrogens is 500 g/mol. The molecule has 2 aromatic rings. The molecule has 0 unspecified atom stereocenters. The van der Waals surface area contributed by atoms with Gasteiger partial charge < -0.3 is 20.7 Å². The van der Waals surface area contributed by atoms with Crippen molar-refractivity contribution >= 4 is 41.1 Å². The average Bonchev–Trinajstić information content (AvgIpc) is 3.13. The summed E-state index contributed by atoms with van der Waals surface area (Å²) in [6, 6.07) is 11.0. The van der Waals surface area contributed by atoms with Crippen LogP contribution in [0.1, 0.15) is 90.4 Å². The van der Waals surface area contributed by atoms with Gasteiger partial charge in [-0.15, -0.1) is 0 Å². The predicted molar refractivity (Wildman–Crippen MR) is 146 cm³/mol. The van der Waals surface area contributed by atoms with Crippen molar-refractivity contribution in [1.29, 1.82) is 0 Å². The van der Waals surface area contributed by atoms with Gasteiger partial charge in [0.15, 0.2) is 0 Å². The molecule has 2 aromatic carbocycles. The summed E-state index contributed by atoms with van der Waals surface area (Å²) >= 11 is 0. The molecule has 1 fully saturated rings. The Morgan fingerprint density at radius 1 is 0.872 bits per heavy atom. The average molecular weight is 535 g/mol. The van der Waals surface area contributed by atoms with Crippen LogP contribution in [0.15, 0.2) is 42.5 Å². The maximum Gasteiger partial charge on any atom is 0.407 e. The summed E-state index contributed by atoms with van der Waals surface area (Å²) in [6.07, 6.45) is 4.23. The van der Waals surface area contributed by atoms with Crippen molar-refractivity contribution in [2.24, 2.45) is 0 Å². The van der Waals surface area contributed by atoms with E-state index in [2.05, 4.69) is 16.0 Å². The molecule has 10 heteroatoms. The molecule has 0 bridgehead atoms. The third-order valence-corrected chi connectivity index (χ3v) is 6.57. The fourth-order valence-electron chi connectivity index (χ4n) is 4.73. The summed E-state index contributed by atoms with van der Waals surface area (Å²) < 4.78 is 5.13. The van der Waals surface area contributed by atoms with Crippen LogP contribution in [-0.4, -0.2) is 52.8 Å². The number of hydrogen-bond acceptors (Lipinski definition) is 6. The molecule has 39 heavy (non-hydrogen) atoms. The molecule has 4 rings (SSSR count). The first-order valence-corrected chi connectivity index (χ1v) is 13.2. The number of anilines is 2. The van der Waals surface area contributed by atoms with E-state index >= 15 is 0 Å². The second kappa shape index (κ2) is 11.7. The minimum atomic E-state index is -0.615. The number of ether oxygens (including phenoxy) is 1. The maximum absolute atomic E-state index is 13.0. The molecule has 2 aliphatic rings.